The molecular weight excluding hydrogens is 484 g/mol. The van der Waals surface area contributed by atoms with Crippen LogP contribution in [-0.4, -0.2) is 35.8 Å². The first-order valence-corrected chi connectivity index (χ1v) is 15.1. The first kappa shape index (κ1) is 30.6. The van der Waals surface area contributed by atoms with Gasteiger partial charge in [0.1, 0.15) is 5.71 Å². The Morgan fingerprint density at radius 1 is 0.897 bits per heavy atom. The van der Waals surface area contributed by atoms with Crippen molar-refractivity contribution >= 4 is 17.4 Å². The van der Waals surface area contributed by atoms with Crippen LogP contribution in [0.25, 0.3) is 0 Å². The van der Waals surface area contributed by atoms with Gasteiger partial charge in [-0.1, -0.05) is 113 Å². The van der Waals surface area contributed by atoms with E-state index in [9.17, 15) is 10.0 Å². The highest BCUT2D eigenvalue weighted by Crippen LogP contribution is 2.41. The molecule has 2 aromatic rings. The Bertz CT molecular complexity index is 1110. The first-order valence-electron chi connectivity index (χ1n) is 15.1. The van der Waals surface area contributed by atoms with Crippen LogP contribution in [0.2, 0.25) is 0 Å². The Balaban J connectivity index is 1.60. The van der Waals surface area contributed by atoms with Crippen LogP contribution >= 0.6 is 0 Å². The van der Waals surface area contributed by atoms with Crippen molar-refractivity contribution in [1.29, 1.82) is 0 Å². The number of carbonyl (C=O) groups excluding carboxylic acids is 1. The Morgan fingerprint density at radius 3 is 2.18 bits per heavy atom. The van der Waals surface area contributed by atoms with Crippen molar-refractivity contribution in [1.82, 2.24) is 0 Å². The van der Waals surface area contributed by atoms with Crippen LogP contribution in [0.3, 0.4) is 0 Å². The van der Waals surface area contributed by atoms with Crippen molar-refractivity contribution in [3.05, 3.63) is 70.3 Å². The maximum absolute atomic E-state index is 13.0. The van der Waals surface area contributed by atoms with Crippen LogP contribution in [-0.2, 0) is 27.8 Å². The number of esters is 1. The molecule has 39 heavy (non-hydrogen) atoms. The zero-order chi connectivity index (χ0) is 28.1. The summed E-state index contributed by atoms with van der Waals surface area (Å²) < 4.78 is 5.58. The van der Waals surface area contributed by atoms with E-state index >= 15 is 0 Å². The molecule has 5 nitrogen and oxygen atoms in total. The van der Waals surface area contributed by atoms with Crippen molar-refractivity contribution in [2.45, 2.75) is 110 Å². The first-order chi connectivity index (χ1) is 19.0. The van der Waals surface area contributed by atoms with Gasteiger partial charge in [0.15, 0.2) is 0 Å². The highest BCUT2D eigenvalue weighted by atomic mass is 16.5. The van der Waals surface area contributed by atoms with Gasteiger partial charge in [-0.2, -0.15) is 0 Å². The maximum Gasteiger partial charge on any atom is 0.362 e. The molecule has 1 aliphatic rings. The minimum absolute atomic E-state index is 0.0562. The number of benzene rings is 2. The lowest BCUT2D eigenvalue weighted by atomic mass is 9.68. The van der Waals surface area contributed by atoms with Crippen molar-refractivity contribution in [3.63, 3.8) is 0 Å². The van der Waals surface area contributed by atoms with Gasteiger partial charge in [-0.05, 0) is 54.9 Å². The molecular formula is C34H48N2O3. The average Bonchev–Trinajstić information content (AvgIpc) is 2.93. The number of nitrogens with zero attached hydrogens (tertiary/aromatic N) is 2. The SMILES string of the molecule is CCCCCCCCc1ccc(CCOC(=O)C(=NO)C2=NCC(CCC)(CCC)c3c(C)cccc32)cc1. The number of carbonyl (C=O) groups is 1. The van der Waals surface area contributed by atoms with Gasteiger partial charge in [0.2, 0.25) is 5.71 Å². The molecule has 5 heteroatoms. The van der Waals surface area contributed by atoms with E-state index in [4.69, 9.17) is 9.73 Å². The van der Waals surface area contributed by atoms with Crippen LogP contribution in [0.5, 0.6) is 0 Å². The van der Waals surface area contributed by atoms with Gasteiger partial charge in [0.25, 0.3) is 0 Å². The summed E-state index contributed by atoms with van der Waals surface area (Å²) in [6.45, 7) is 9.58. The highest BCUT2D eigenvalue weighted by Gasteiger charge is 2.39. The Morgan fingerprint density at radius 2 is 1.54 bits per heavy atom. The van der Waals surface area contributed by atoms with Crippen molar-refractivity contribution in [3.8, 4) is 0 Å². The zero-order valence-electron chi connectivity index (χ0n) is 24.6. The monoisotopic (exact) mass is 532 g/mol. The molecule has 0 saturated heterocycles. The number of aliphatic imine (C=N–C) groups is 1. The largest absolute Gasteiger partial charge is 0.460 e. The molecule has 3 rings (SSSR count). The standard InChI is InChI=1S/C34H48N2O3/c1-5-8-9-10-11-12-15-27-17-19-28(20-18-27)21-24-39-33(37)32(36-38)31-29-16-13-14-26(4)30(29)34(22-6-2,23-7-3)25-35-31/h13-14,16-20,38H,5-12,15,21-25H2,1-4H3. The molecule has 2 aromatic carbocycles. The minimum atomic E-state index is -0.637. The third-order valence-electron chi connectivity index (χ3n) is 8.04. The number of hydrogen-bond acceptors (Lipinski definition) is 5. The zero-order valence-corrected chi connectivity index (χ0v) is 24.6. The number of fused-ring (bicyclic) bond motifs is 1. The number of ether oxygens (including phenoxy) is 1. The summed E-state index contributed by atoms with van der Waals surface area (Å²) in [5.41, 5.74) is 6.04. The summed E-state index contributed by atoms with van der Waals surface area (Å²) >= 11 is 0. The van der Waals surface area contributed by atoms with Gasteiger partial charge in [0.05, 0.1) is 6.61 Å². The molecule has 0 bridgehead atoms. The second kappa shape index (κ2) is 15.6. The normalized spacial score (nSPS) is 14.6. The summed E-state index contributed by atoms with van der Waals surface area (Å²) in [6.07, 6.45) is 13.7. The predicted molar refractivity (Wildman–Crippen MR) is 161 cm³/mol. The van der Waals surface area contributed by atoms with Gasteiger partial charge in [-0.15, -0.1) is 0 Å². The molecule has 1 aliphatic heterocycles. The smallest absolute Gasteiger partial charge is 0.362 e. The minimum Gasteiger partial charge on any atom is -0.460 e. The van der Waals surface area contributed by atoms with E-state index < -0.39 is 5.97 Å². The van der Waals surface area contributed by atoms with Gasteiger partial charge in [-0.3, -0.25) is 4.99 Å². The lowest BCUT2D eigenvalue weighted by Crippen LogP contribution is -2.40. The number of unbranched alkanes of at least 4 members (excludes halogenated alkanes) is 5. The van der Waals surface area contributed by atoms with Crippen LogP contribution in [0, 0.1) is 6.92 Å². The van der Waals surface area contributed by atoms with E-state index in [1.54, 1.807) is 0 Å². The molecule has 0 fully saturated rings. The molecule has 0 unspecified atom stereocenters. The van der Waals surface area contributed by atoms with Crippen LogP contribution in [0.15, 0.2) is 52.6 Å². The number of rotatable bonds is 16. The average molecular weight is 533 g/mol. The molecule has 0 spiro atoms. The fraction of sp³-hybridized carbons (Fsp3) is 0.559. The lowest BCUT2D eigenvalue weighted by molar-refractivity contribution is -0.135. The summed E-state index contributed by atoms with van der Waals surface area (Å²) in [6, 6.07) is 14.7. The Hall–Kier alpha value is -2.95. The van der Waals surface area contributed by atoms with Gasteiger partial charge >= 0.3 is 5.97 Å². The topological polar surface area (TPSA) is 71.2 Å². The second-order valence-corrected chi connectivity index (χ2v) is 11.1. The summed E-state index contributed by atoms with van der Waals surface area (Å²) in [7, 11) is 0. The Labute approximate surface area is 235 Å². The molecule has 0 atom stereocenters. The molecule has 0 aromatic heterocycles. The highest BCUT2D eigenvalue weighted by molar-refractivity contribution is 6.69. The summed E-state index contributed by atoms with van der Waals surface area (Å²) in [4.78, 5) is 17.9. The molecule has 0 amide bonds. The Kier molecular flexibility index (Phi) is 12.2. The summed E-state index contributed by atoms with van der Waals surface area (Å²) in [5.74, 6) is -0.637. The van der Waals surface area contributed by atoms with E-state index in [0.717, 1.165) is 43.2 Å². The maximum atomic E-state index is 13.0. The second-order valence-electron chi connectivity index (χ2n) is 11.1. The predicted octanol–water partition coefficient (Wildman–Crippen LogP) is 8.15. The van der Waals surface area contributed by atoms with E-state index in [0.29, 0.717) is 18.7 Å². The van der Waals surface area contributed by atoms with Gasteiger partial charge in [0, 0.05) is 23.9 Å². The quantitative estimate of drug-likeness (QED) is 0.0779. The van der Waals surface area contributed by atoms with Gasteiger partial charge < -0.3 is 9.94 Å². The summed E-state index contributed by atoms with van der Waals surface area (Å²) in [5, 5.41) is 13.2. The molecule has 1 N–H and O–H groups in total. The van der Waals surface area contributed by atoms with E-state index in [-0.39, 0.29) is 17.7 Å². The number of aryl methyl sites for hydroxylation is 2. The fourth-order valence-electron chi connectivity index (χ4n) is 6.15. The van der Waals surface area contributed by atoms with Crippen molar-refractivity contribution in [2.24, 2.45) is 10.1 Å². The van der Waals surface area contributed by atoms with Crippen LogP contribution < -0.4 is 0 Å². The van der Waals surface area contributed by atoms with Gasteiger partial charge in [-0.25, -0.2) is 4.79 Å². The molecule has 0 radical (unpaired) electrons. The van der Waals surface area contributed by atoms with E-state index in [1.807, 2.05) is 12.1 Å². The number of hydrogen-bond donors (Lipinski definition) is 1. The van der Waals surface area contributed by atoms with Crippen LogP contribution in [0.4, 0.5) is 0 Å². The fourth-order valence-corrected chi connectivity index (χ4v) is 6.15. The van der Waals surface area contributed by atoms with Crippen molar-refractivity contribution in [2.75, 3.05) is 13.2 Å². The molecule has 0 aliphatic carbocycles. The van der Waals surface area contributed by atoms with Crippen LogP contribution in [0.1, 0.15) is 113 Å². The van der Waals surface area contributed by atoms with E-state index in [1.165, 1.54) is 55.2 Å². The lowest BCUT2D eigenvalue weighted by Gasteiger charge is -2.39. The third-order valence-corrected chi connectivity index (χ3v) is 8.04. The molecule has 0 saturated carbocycles. The molecule has 1 heterocycles. The third kappa shape index (κ3) is 8.03. The van der Waals surface area contributed by atoms with E-state index in [2.05, 4.69) is 63.2 Å². The number of oxime groups is 1. The van der Waals surface area contributed by atoms with Crippen molar-refractivity contribution < 1.29 is 14.7 Å². The molecule has 212 valence electrons.